The van der Waals surface area contributed by atoms with E-state index in [0.717, 1.165) is 22.2 Å². The monoisotopic (exact) mass is 230 g/mol. The smallest absolute Gasteiger partial charge is 0.104 e. The standard InChI is InChI=1S/C13H14N2S/c1-7-4-8(2)12-10(13(14)16)6-9(3)15-11(12)5-7/h4-6H,1-3H3,(H2,14,16). The lowest BCUT2D eigenvalue weighted by atomic mass is 10.0. The fraction of sp³-hybridized carbons (Fsp3) is 0.231. The van der Waals surface area contributed by atoms with Crippen LogP contribution in [0.2, 0.25) is 0 Å². The van der Waals surface area contributed by atoms with Crippen LogP contribution < -0.4 is 5.73 Å². The molecule has 0 aliphatic rings. The van der Waals surface area contributed by atoms with E-state index in [4.69, 9.17) is 18.0 Å². The van der Waals surface area contributed by atoms with Crippen LogP contribution in [0.5, 0.6) is 0 Å². The van der Waals surface area contributed by atoms with Gasteiger partial charge in [-0.25, -0.2) is 0 Å². The van der Waals surface area contributed by atoms with E-state index in [0.29, 0.717) is 4.99 Å². The van der Waals surface area contributed by atoms with Gasteiger partial charge in [-0.15, -0.1) is 0 Å². The minimum Gasteiger partial charge on any atom is -0.389 e. The maximum absolute atomic E-state index is 5.76. The molecule has 1 heterocycles. The van der Waals surface area contributed by atoms with Gasteiger partial charge in [0.05, 0.1) is 5.52 Å². The molecular formula is C13H14N2S. The molecule has 2 N–H and O–H groups in total. The normalized spacial score (nSPS) is 10.7. The van der Waals surface area contributed by atoms with Crippen LogP contribution in [0.1, 0.15) is 22.4 Å². The fourth-order valence-electron chi connectivity index (χ4n) is 2.08. The van der Waals surface area contributed by atoms with Gasteiger partial charge in [0.15, 0.2) is 0 Å². The molecule has 2 nitrogen and oxygen atoms in total. The van der Waals surface area contributed by atoms with Crippen molar-refractivity contribution in [2.45, 2.75) is 20.8 Å². The molecular weight excluding hydrogens is 216 g/mol. The Labute approximate surface area is 100 Å². The third-order valence-electron chi connectivity index (χ3n) is 2.64. The van der Waals surface area contributed by atoms with Crippen LogP contribution in [-0.4, -0.2) is 9.97 Å². The van der Waals surface area contributed by atoms with Crippen molar-refractivity contribution >= 4 is 28.1 Å². The van der Waals surface area contributed by atoms with E-state index >= 15 is 0 Å². The summed E-state index contributed by atoms with van der Waals surface area (Å²) in [6.45, 7) is 6.09. The summed E-state index contributed by atoms with van der Waals surface area (Å²) in [7, 11) is 0. The largest absolute Gasteiger partial charge is 0.389 e. The van der Waals surface area contributed by atoms with Gasteiger partial charge < -0.3 is 5.73 Å². The minimum atomic E-state index is 0.433. The Morgan fingerprint density at radius 2 is 1.88 bits per heavy atom. The summed E-state index contributed by atoms with van der Waals surface area (Å²) in [5.41, 5.74) is 11.0. The van der Waals surface area contributed by atoms with Gasteiger partial charge >= 0.3 is 0 Å². The van der Waals surface area contributed by atoms with E-state index in [-0.39, 0.29) is 0 Å². The van der Waals surface area contributed by atoms with Gasteiger partial charge in [0, 0.05) is 16.6 Å². The summed E-state index contributed by atoms with van der Waals surface area (Å²) in [6, 6.07) is 6.14. The molecule has 0 bridgehead atoms. The topological polar surface area (TPSA) is 38.9 Å². The predicted molar refractivity (Wildman–Crippen MR) is 71.8 cm³/mol. The third kappa shape index (κ3) is 1.78. The zero-order valence-electron chi connectivity index (χ0n) is 9.66. The van der Waals surface area contributed by atoms with E-state index in [1.54, 1.807) is 0 Å². The lowest BCUT2D eigenvalue weighted by Crippen LogP contribution is -2.11. The molecule has 2 aromatic rings. The van der Waals surface area contributed by atoms with Crippen LogP contribution in [0.4, 0.5) is 0 Å². The maximum Gasteiger partial charge on any atom is 0.104 e. The zero-order valence-corrected chi connectivity index (χ0v) is 10.5. The molecule has 2 rings (SSSR count). The third-order valence-corrected chi connectivity index (χ3v) is 2.86. The van der Waals surface area contributed by atoms with Crippen LogP contribution in [0, 0.1) is 20.8 Å². The van der Waals surface area contributed by atoms with Gasteiger partial charge in [-0.05, 0) is 44.0 Å². The summed E-state index contributed by atoms with van der Waals surface area (Å²) >= 11 is 5.09. The number of nitrogens with two attached hydrogens (primary N) is 1. The van der Waals surface area contributed by atoms with Crippen molar-refractivity contribution in [2.75, 3.05) is 0 Å². The van der Waals surface area contributed by atoms with Crippen LogP contribution in [-0.2, 0) is 0 Å². The lowest BCUT2D eigenvalue weighted by molar-refractivity contribution is 1.24. The summed E-state index contributed by atoms with van der Waals surface area (Å²) in [6.07, 6.45) is 0. The molecule has 0 amide bonds. The van der Waals surface area contributed by atoms with Gasteiger partial charge in [0.25, 0.3) is 0 Å². The first-order valence-electron chi connectivity index (χ1n) is 5.17. The highest BCUT2D eigenvalue weighted by Crippen LogP contribution is 2.23. The minimum absolute atomic E-state index is 0.433. The Hall–Kier alpha value is -1.48. The Bertz CT molecular complexity index is 583. The average Bonchev–Trinajstić information content (AvgIpc) is 2.14. The Morgan fingerprint density at radius 1 is 1.19 bits per heavy atom. The number of aromatic nitrogens is 1. The molecule has 0 saturated heterocycles. The number of hydrogen-bond acceptors (Lipinski definition) is 2. The second-order valence-electron chi connectivity index (χ2n) is 4.15. The summed E-state index contributed by atoms with van der Waals surface area (Å²) in [4.78, 5) is 4.96. The molecule has 0 aliphatic heterocycles. The van der Waals surface area contributed by atoms with Gasteiger partial charge in [0.1, 0.15) is 4.99 Å². The van der Waals surface area contributed by atoms with Crippen LogP contribution in [0.3, 0.4) is 0 Å². The Kier molecular flexibility index (Phi) is 2.64. The number of thiocarbonyl (C=S) groups is 1. The first kappa shape index (κ1) is 11.0. The van der Waals surface area contributed by atoms with Gasteiger partial charge in [0.2, 0.25) is 0 Å². The van der Waals surface area contributed by atoms with Gasteiger partial charge in [-0.1, -0.05) is 18.3 Å². The van der Waals surface area contributed by atoms with Crippen LogP contribution >= 0.6 is 12.2 Å². The number of nitrogens with zero attached hydrogens (tertiary/aromatic N) is 1. The van der Waals surface area contributed by atoms with Crippen molar-refractivity contribution in [3.63, 3.8) is 0 Å². The molecule has 1 aromatic carbocycles. The van der Waals surface area contributed by atoms with Gasteiger partial charge in [-0.2, -0.15) is 0 Å². The van der Waals surface area contributed by atoms with E-state index in [9.17, 15) is 0 Å². The molecule has 1 aromatic heterocycles. The van der Waals surface area contributed by atoms with E-state index in [2.05, 4.69) is 31.0 Å². The number of benzene rings is 1. The quantitative estimate of drug-likeness (QED) is 0.766. The van der Waals surface area contributed by atoms with Crippen molar-refractivity contribution in [1.29, 1.82) is 0 Å². The van der Waals surface area contributed by atoms with Gasteiger partial charge in [-0.3, -0.25) is 4.98 Å². The molecule has 3 heteroatoms. The Morgan fingerprint density at radius 3 is 2.50 bits per heavy atom. The summed E-state index contributed by atoms with van der Waals surface area (Å²) < 4.78 is 0. The van der Waals surface area contributed by atoms with Crippen molar-refractivity contribution in [3.8, 4) is 0 Å². The summed E-state index contributed by atoms with van der Waals surface area (Å²) in [5, 5.41) is 1.07. The molecule has 0 fully saturated rings. The number of hydrogen-bond donors (Lipinski definition) is 1. The molecule has 82 valence electrons. The van der Waals surface area contributed by atoms with E-state index in [1.807, 2.05) is 13.0 Å². The van der Waals surface area contributed by atoms with Crippen LogP contribution in [0.15, 0.2) is 18.2 Å². The first-order valence-corrected chi connectivity index (χ1v) is 5.58. The molecule has 16 heavy (non-hydrogen) atoms. The zero-order chi connectivity index (χ0) is 11.9. The molecule has 0 saturated carbocycles. The second kappa shape index (κ2) is 3.83. The Balaban J connectivity index is 2.95. The number of pyridine rings is 1. The van der Waals surface area contributed by atoms with E-state index < -0.39 is 0 Å². The van der Waals surface area contributed by atoms with Crippen molar-refractivity contribution in [2.24, 2.45) is 5.73 Å². The number of fused-ring (bicyclic) bond motifs is 1. The molecule has 0 spiro atoms. The van der Waals surface area contributed by atoms with Crippen molar-refractivity contribution < 1.29 is 0 Å². The maximum atomic E-state index is 5.76. The molecule has 0 aliphatic carbocycles. The van der Waals surface area contributed by atoms with E-state index in [1.165, 1.54) is 11.1 Å². The highest BCUT2D eigenvalue weighted by atomic mass is 32.1. The number of aryl methyl sites for hydroxylation is 3. The number of rotatable bonds is 1. The van der Waals surface area contributed by atoms with Crippen molar-refractivity contribution in [3.05, 3.63) is 40.6 Å². The first-order chi connectivity index (χ1) is 7.49. The molecule has 0 radical (unpaired) electrons. The van der Waals surface area contributed by atoms with Crippen molar-refractivity contribution in [1.82, 2.24) is 4.98 Å². The second-order valence-corrected chi connectivity index (χ2v) is 4.59. The van der Waals surface area contributed by atoms with Crippen LogP contribution in [0.25, 0.3) is 10.9 Å². The average molecular weight is 230 g/mol. The summed E-state index contributed by atoms with van der Waals surface area (Å²) in [5.74, 6) is 0. The fourth-order valence-corrected chi connectivity index (χ4v) is 2.24. The predicted octanol–water partition coefficient (Wildman–Crippen LogP) is 2.79. The molecule has 0 atom stereocenters. The highest BCUT2D eigenvalue weighted by Gasteiger charge is 2.09. The highest BCUT2D eigenvalue weighted by molar-refractivity contribution is 7.80. The molecule has 0 unspecified atom stereocenters. The lowest BCUT2D eigenvalue weighted by Gasteiger charge is -2.10. The SMILES string of the molecule is Cc1cc(C)c2c(C(N)=S)cc(C)nc2c1.